The van der Waals surface area contributed by atoms with Gasteiger partial charge in [0.2, 0.25) is 0 Å². The van der Waals surface area contributed by atoms with Gasteiger partial charge in [0, 0.05) is 32.2 Å². The van der Waals surface area contributed by atoms with Crippen LogP contribution < -0.4 is 15.4 Å². The zero-order valence-electron chi connectivity index (χ0n) is 18.2. The smallest absolute Gasteiger partial charge is 0.321 e. The van der Waals surface area contributed by atoms with E-state index in [1.165, 1.54) is 12.8 Å². The topological polar surface area (TPSA) is 56.8 Å². The van der Waals surface area contributed by atoms with Gasteiger partial charge in [0.1, 0.15) is 5.75 Å². The van der Waals surface area contributed by atoms with E-state index in [4.69, 9.17) is 17.0 Å². The molecule has 2 aliphatic carbocycles. The van der Waals surface area contributed by atoms with Crippen molar-refractivity contribution < 1.29 is 9.53 Å². The number of likely N-dealkylation sites (tertiary alicyclic amines) is 2. The van der Waals surface area contributed by atoms with Gasteiger partial charge in [-0.3, -0.25) is 0 Å². The van der Waals surface area contributed by atoms with Crippen LogP contribution in [0.1, 0.15) is 32.1 Å². The third-order valence-electron chi connectivity index (χ3n) is 7.77. The monoisotopic (exact) mass is 440 g/mol. The number of carbonyl (C=O) groups excluding carboxylic acids is 1. The summed E-state index contributed by atoms with van der Waals surface area (Å²) in [5, 5.41) is 7.59. The van der Waals surface area contributed by atoms with Gasteiger partial charge in [-0.05, 0) is 73.7 Å². The van der Waals surface area contributed by atoms with Crippen LogP contribution in [-0.4, -0.2) is 60.3 Å². The molecule has 2 saturated heterocycles. The minimum atomic E-state index is -0.0456. The van der Waals surface area contributed by atoms with E-state index < -0.39 is 0 Å². The number of nitrogens with one attached hydrogen (secondary N) is 2. The summed E-state index contributed by atoms with van der Waals surface area (Å²) in [6, 6.07) is 8.00. The molecule has 7 heteroatoms. The summed E-state index contributed by atoms with van der Waals surface area (Å²) >= 11 is 5.78. The number of thiocarbonyl (C=S) groups is 1. The lowest BCUT2D eigenvalue weighted by Crippen LogP contribution is -2.48. The lowest BCUT2D eigenvalue weighted by molar-refractivity contribution is 0.131. The summed E-state index contributed by atoms with van der Waals surface area (Å²) in [5.74, 6) is 2.09. The summed E-state index contributed by atoms with van der Waals surface area (Å²) in [4.78, 5) is 17.1. The molecule has 1 aromatic rings. The zero-order chi connectivity index (χ0) is 21.4. The Labute approximate surface area is 190 Å². The standard InChI is InChI=1S/C24H32N4O2S/c1-30-21-5-3-2-4-19(21)25-22(29)27-11-8-24(9-12-27)10-13-28(16-24)23(31)26-20-15-17-6-7-18(20)14-17/h2-7,17-18,20H,8-16H2,1H3,(H,25,29)(H,26,31). The van der Waals surface area contributed by atoms with E-state index in [0.717, 1.165) is 56.5 Å². The minimum Gasteiger partial charge on any atom is -0.495 e. The third kappa shape index (κ3) is 4.12. The minimum absolute atomic E-state index is 0.0456. The maximum atomic E-state index is 12.8. The van der Waals surface area contributed by atoms with Gasteiger partial charge in [0.15, 0.2) is 5.11 Å². The van der Waals surface area contributed by atoms with Gasteiger partial charge in [0.25, 0.3) is 0 Å². The number of hydrogen-bond donors (Lipinski definition) is 2. The van der Waals surface area contributed by atoms with Crippen molar-refractivity contribution in [1.29, 1.82) is 0 Å². The molecule has 0 aromatic heterocycles. The molecule has 6 nitrogen and oxygen atoms in total. The molecular formula is C24H32N4O2S. The highest BCUT2D eigenvalue weighted by molar-refractivity contribution is 7.80. The van der Waals surface area contributed by atoms with Gasteiger partial charge in [-0.1, -0.05) is 24.3 Å². The summed E-state index contributed by atoms with van der Waals surface area (Å²) in [5.41, 5.74) is 0.996. The normalized spacial score (nSPS) is 28.2. The van der Waals surface area contributed by atoms with Crippen molar-refractivity contribution in [2.45, 2.75) is 38.1 Å². The first kappa shape index (κ1) is 20.6. The van der Waals surface area contributed by atoms with Crippen molar-refractivity contribution >= 4 is 29.0 Å². The largest absolute Gasteiger partial charge is 0.495 e. The number of para-hydroxylation sites is 2. The Morgan fingerprint density at radius 2 is 1.84 bits per heavy atom. The SMILES string of the molecule is COc1ccccc1NC(=O)N1CCC2(CC1)CCN(C(=S)NC1CC3C=CC1C3)C2. The Morgan fingerprint density at radius 1 is 1.10 bits per heavy atom. The fourth-order valence-electron chi connectivity index (χ4n) is 5.84. The molecule has 5 rings (SSSR count). The number of nitrogens with zero attached hydrogens (tertiary/aromatic N) is 2. The lowest BCUT2D eigenvalue weighted by Gasteiger charge is -2.39. The van der Waals surface area contributed by atoms with Crippen LogP contribution >= 0.6 is 12.2 Å². The van der Waals surface area contributed by atoms with Crippen molar-refractivity contribution in [2.75, 3.05) is 38.6 Å². The van der Waals surface area contributed by atoms with E-state index in [1.54, 1.807) is 7.11 Å². The number of allylic oxidation sites excluding steroid dienone is 1. The maximum Gasteiger partial charge on any atom is 0.321 e. The molecule has 1 spiro atoms. The summed E-state index contributed by atoms with van der Waals surface area (Å²) < 4.78 is 5.35. The molecule has 2 bridgehead atoms. The first-order valence-corrected chi connectivity index (χ1v) is 11.9. The second kappa shape index (κ2) is 8.34. The van der Waals surface area contributed by atoms with E-state index in [0.29, 0.717) is 23.4 Å². The molecule has 1 saturated carbocycles. The molecule has 2 N–H and O–H groups in total. The number of ether oxygens (including phenoxy) is 1. The third-order valence-corrected chi connectivity index (χ3v) is 8.15. The van der Waals surface area contributed by atoms with Gasteiger partial charge in [0.05, 0.1) is 12.8 Å². The van der Waals surface area contributed by atoms with Gasteiger partial charge in [-0.15, -0.1) is 0 Å². The van der Waals surface area contributed by atoms with E-state index in [1.807, 2.05) is 29.2 Å². The second-order valence-electron chi connectivity index (χ2n) is 9.63. The second-order valence-corrected chi connectivity index (χ2v) is 10.0. The first-order valence-electron chi connectivity index (χ1n) is 11.5. The molecule has 2 heterocycles. The van der Waals surface area contributed by atoms with E-state index in [-0.39, 0.29) is 11.4 Å². The molecule has 1 aromatic carbocycles. The van der Waals surface area contributed by atoms with Crippen LogP contribution in [-0.2, 0) is 0 Å². The molecule has 2 aliphatic heterocycles. The highest BCUT2D eigenvalue weighted by atomic mass is 32.1. The molecule has 4 aliphatic rings. The summed E-state index contributed by atoms with van der Waals surface area (Å²) in [7, 11) is 1.62. The number of amides is 2. The number of anilines is 1. The molecule has 31 heavy (non-hydrogen) atoms. The Kier molecular flexibility index (Phi) is 5.54. The zero-order valence-corrected chi connectivity index (χ0v) is 19.0. The van der Waals surface area contributed by atoms with Crippen molar-refractivity contribution in [3.05, 3.63) is 36.4 Å². The Morgan fingerprint density at radius 3 is 2.52 bits per heavy atom. The van der Waals surface area contributed by atoms with Crippen molar-refractivity contribution in [3.63, 3.8) is 0 Å². The predicted molar refractivity (Wildman–Crippen MR) is 126 cm³/mol. The first-order chi connectivity index (χ1) is 15.0. The van der Waals surface area contributed by atoms with Gasteiger partial charge >= 0.3 is 6.03 Å². The Hall–Kier alpha value is -2.28. The highest BCUT2D eigenvalue weighted by Crippen LogP contribution is 2.42. The van der Waals surface area contributed by atoms with Crippen molar-refractivity contribution in [3.8, 4) is 5.75 Å². The summed E-state index contributed by atoms with van der Waals surface area (Å²) in [6.45, 7) is 3.60. The molecule has 3 atom stereocenters. The number of rotatable bonds is 3. The Balaban J connectivity index is 1.12. The highest BCUT2D eigenvalue weighted by Gasteiger charge is 2.43. The molecule has 166 valence electrons. The Bertz CT molecular complexity index is 880. The van der Waals surface area contributed by atoms with Gasteiger partial charge in [-0.25, -0.2) is 4.79 Å². The van der Waals surface area contributed by atoms with E-state index in [2.05, 4.69) is 27.7 Å². The summed E-state index contributed by atoms with van der Waals surface area (Å²) in [6.07, 6.45) is 10.5. The van der Waals surface area contributed by atoms with Crippen molar-refractivity contribution in [1.82, 2.24) is 15.1 Å². The number of fused-ring (bicyclic) bond motifs is 2. The average Bonchev–Trinajstić information content (AvgIpc) is 3.51. The predicted octanol–water partition coefficient (Wildman–Crippen LogP) is 3.85. The molecule has 0 radical (unpaired) electrons. The number of methoxy groups -OCH3 is 1. The van der Waals surface area contributed by atoms with Crippen LogP contribution in [0.4, 0.5) is 10.5 Å². The van der Waals surface area contributed by atoms with Gasteiger partial charge in [-0.2, -0.15) is 0 Å². The van der Waals surface area contributed by atoms with Crippen LogP contribution in [0.2, 0.25) is 0 Å². The van der Waals surface area contributed by atoms with Crippen LogP contribution in [0.25, 0.3) is 0 Å². The number of piperidine rings is 1. The number of carbonyl (C=O) groups is 1. The number of urea groups is 1. The van der Waals surface area contributed by atoms with Crippen LogP contribution in [0.15, 0.2) is 36.4 Å². The molecule has 3 fully saturated rings. The van der Waals surface area contributed by atoms with Crippen LogP contribution in [0.5, 0.6) is 5.75 Å². The fraction of sp³-hybridized carbons (Fsp3) is 0.583. The van der Waals surface area contributed by atoms with Crippen molar-refractivity contribution in [2.24, 2.45) is 17.3 Å². The molecule has 2 amide bonds. The fourth-order valence-corrected chi connectivity index (χ4v) is 6.15. The quantitative estimate of drug-likeness (QED) is 0.552. The lowest BCUT2D eigenvalue weighted by atomic mass is 9.78. The van der Waals surface area contributed by atoms with E-state index >= 15 is 0 Å². The number of benzene rings is 1. The molecular weight excluding hydrogens is 408 g/mol. The molecule has 3 unspecified atom stereocenters. The van der Waals surface area contributed by atoms with Crippen LogP contribution in [0, 0.1) is 17.3 Å². The maximum absolute atomic E-state index is 12.8. The number of hydrogen-bond acceptors (Lipinski definition) is 3. The van der Waals surface area contributed by atoms with Crippen LogP contribution in [0.3, 0.4) is 0 Å². The van der Waals surface area contributed by atoms with E-state index in [9.17, 15) is 4.79 Å². The average molecular weight is 441 g/mol. The van der Waals surface area contributed by atoms with Gasteiger partial charge < -0.3 is 25.2 Å².